The zero-order valence-corrected chi connectivity index (χ0v) is 31.0. The average Bonchev–Trinajstić information content (AvgIpc) is 3.67. The van der Waals surface area contributed by atoms with Crippen LogP contribution in [0.3, 0.4) is 0 Å². The number of pyridine rings is 2. The van der Waals surface area contributed by atoms with Gasteiger partial charge < -0.3 is 24.5 Å². The summed E-state index contributed by atoms with van der Waals surface area (Å²) in [4.78, 5) is 35.0. The number of ether oxygens (including phenoxy) is 3. The number of benzene rings is 2. The van der Waals surface area contributed by atoms with Crippen LogP contribution in [0.25, 0.3) is 0 Å². The average molecular weight is 762 g/mol. The van der Waals surface area contributed by atoms with Gasteiger partial charge in [-0.2, -0.15) is 4.73 Å². The molecule has 1 aliphatic carbocycles. The smallest absolute Gasteiger partial charge is 0.414 e. The van der Waals surface area contributed by atoms with Gasteiger partial charge in [0.15, 0.2) is 23.9 Å². The Labute approximate surface area is 318 Å². The molecule has 4 fully saturated rings. The first-order valence-electron chi connectivity index (χ1n) is 18.0. The first-order chi connectivity index (χ1) is 25.7. The Kier molecular flexibility index (Phi) is 11.2. The Morgan fingerprint density at radius 1 is 1.04 bits per heavy atom. The molecule has 8 rings (SSSR count). The number of nitrogens with zero attached hydrogens (tertiary/aromatic N) is 4. The van der Waals surface area contributed by atoms with Crippen LogP contribution in [-0.4, -0.2) is 66.0 Å². The van der Waals surface area contributed by atoms with Gasteiger partial charge in [0.1, 0.15) is 16.1 Å². The van der Waals surface area contributed by atoms with Crippen molar-refractivity contribution in [2.75, 3.05) is 31.6 Å². The van der Waals surface area contributed by atoms with Crippen LogP contribution < -0.4 is 19.1 Å². The number of carboxylic acids is 1. The maximum Gasteiger partial charge on any atom is 0.414 e. The van der Waals surface area contributed by atoms with Crippen LogP contribution in [0.1, 0.15) is 77.1 Å². The van der Waals surface area contributed by atoms with Gasteiger partial charge in [-0.05, 0) is 111 Å². The minimum Gasteiger partial charge on any atom is -0.619 e. The van der Waals surface area contributed by atoms with E-state index < -0.39 is 18.0 Å². The van der Waals surface area contributed by atoms with Gasteiger partial charge in [-0.25, -0.2) is 9.59 Å². The predicted octanol–water partition coefficient (Wildman–Crippen LogP) is 7.66. The number of rotatable bonds is 12. The van der Waals surface area contributed by atoms with Gasteiger partial charge in [0.25, 0.3) is 0 Å². The van der Waals surface area contributed by atoms with Crippen LogP contribution in [0.5, 0.6) is 11.5 Å². The number of hydrogen-bond donors (Lipinski definition) is 1. The predicted molar refractivity (Wildman–Crippen MR) is 200 cm³/mol. The number of fused-ring (bicyclic) bond motifs is 3. The van der Waals surface area contributed by atoms with Crippen LogP contribution in [-0.2, 0) is 17.7 Å². The third-order valence-corrected chi connectivity index (χ3v) is 11.4. The highest BCUT2D eigenvalue weighted by atomic mass is 35.5. The lowest BCUT2D eigenvalue weighted by atomic mass is 9.82. The summed E-state index contributed by atoms with van der Waals surface area (Å²) in [5.41, 5.74) is 2.97. The molecule has 11 nitrogen and oxygen atoms in total. The molecule has 5 heterocycles. The molecule has 1 N–H and O–H groups in total. The molecular weight excluding hydrogens is 719 g/mol. The van der Waals surface area contributed by atoms with E-state index in [2.05, 4.69) is 9.88 Å². The third-order valence-electron chi connectivity index (χ3n) is 10.7. The number of hydrogen-bond acceptors (Lipinski definition) is 8. The monoisotopic (exact) mass is 760 g/mol. The van der Waals surface area contributed by atoms with E-state index in [-0.39, 0.29) is 40.8 Å². The first kappa shape index (κ1) is 36.8. The number of aromatic nitrogens is 2. The molecule has 0 radical (unpaired) electrons. The van der Waals surface area contributed by atoms with E-state index in [1.807, 2.05) is 18.2 Å². The van der Waals surface area contributed by atoms with E-state index >= 15 is 0 Å². The largest absolute Gasteiger partial charge is 0.619 e. The van der Waals surface area contributed by atoms with Gasteiger partial charge in [0.2, 0.25) is 0 Å². The van der Waals surface area contributed by atoms with Gasteiger partial charge in [0, 0.05) is 24.2 Å². The molecule has 13 heteroatoms. The minimum absolute atomic E-state index is 0.0419. The van der Waals surface area contributed by atoms with Gasteiger partial charge in [0.05, 0.1) is 37.2 Å². The molecule has 1 amide bonds. The highest BCUT2D eigenvalue weighted by molar-refractivity contribution is 6.35. The zero-order valence-electron chi connectivity index (χ0n) is 29.5. The summed E-state index contributed by atoms with van der Waals surface area (Å²) in [6.07, 6.45) is 11.2. The molecule has 2 aromatic carbocycles. The second kappa shape index (κ2) is 16.2. The van der Waals surface area contributed by atoms with Crippen molar-refractivity contribution in [2.24, 2.45) is 5.92 Å². The van der Waals surface area contributed by atoms with E-state index in [4.69, 9.17) is 37.4 Å². The molecule has 3 saturated heterocycles. The quantitative estimate of drug-likeness (QED) is 0.114. The fourth-order valence-electron chi connectivity index (χ4n) is 7.91. The van der Waals surface area contributed by atoms with Crippen LogP contribution in [0.2, 0.25) is 10.0 Å². The lowest BCUT2D eigenvalue weighted by Gasteiger charge is -2.44. The van der Waals surface area contributed by atoms with Crippen LogP contribution in [0.15, 0.2) is 73.3 Å². The normalized spacial score (nSPS) is 20.2. The molecule has 2 bridgehead atoms. The number of methoxy groups -OCH3 is 1. The number of carbonyl (C=O) groups excluding carboxylic acids is 1. The molecule has 4 aliphatic rings. The maximum atomic E-state index is 14.0. The SMILES string of the molecule is COc1ccc([C@H](Cc2c(Cl)c[n+]([O-])cc2Cl)c2cc(CN(C(=O)O[C@H]3CN4CCC3CC4)c3cccnc3)ccc2C(=O)O)cc1OC1CCCC1. The summed E-state index contributed by atoms with van der Waals surface area (Å²) in [5.74, 6) is -0.317. The van der Waals surface area contributed by atoms with E-state index in [1.54, 1.807) is 49.8 Å². The van der Waals surface area contributed by atoms with Gasteiger partial charge in [-0.1, -0.05) is 41.4 Å². The lowest BCUT2D eigenvalue weighted by molar-refractivity contribution is -0.605. The van der Waals surface area contributed by atoms with Crippen molar-refractivity contribution in [2.45, 2.75) is 69.6 Å². The van der Waals surface area contributed by atoms with Crippen molar-refractivity contribution >= 4 is 41.0 Å². The number of anilines is 1. The molecule has 278 valence electrons. The van der Waals surface area contributed by atoms with Crippen molar-refractivity contribution in [3.63, 3.8) is 0 Å². The third kappa shape index (κ3) is 8.32. The topological polar surface area (TPSA) is 128 Å². The summed E-state index contributed by atoms with van der Waals surface area (Å²) in [6.45, 7) is 2.84. The molecule has 1 saturated carbocycles. The van der Waals surface area contributed by atoms with E-state index in [0.29, 0.717) is 51.1 Å². The Morgan fingerprint density at radius 2 is 1.79 bits per heavy atom. The molecule has 53 heavy (non-hydrogen) atoms. The van der Waals surface area contributed by atoms with E-state index in [1.165, 1.54) is 17.3 Å². The Bertz CT molecular complexity index is 1930. The lowest BCUT2D eigenvalue weighted by Crippen LogP contribution is -2.53. The van der Waals surface area contributed by atoms with E-state index in [9.17, 15) is 19.9 Å². The Morgan fingerprint density at radius 3 is 2.43 bits per heavy atom. The van der Waals surface area contributed by atoms with E-state index in [0.717, 1.165) is 57.2 Å². The molecule has 4 aromatic rings. The molecule has 2 atom stereocenters. The molecular formula is C40H42Cl2N4O7. The highest BCUT2D eigenvalue weighted by Crippen LogP contribution is 2.41. The second-order valence-corrected chi connectivity index (χ2v) is 14.9. The number of aromatic carboxylic acids is 1. The van der Waals surface area contributed by atoms with Crippen molar-refractivity contribution in [1.82, 2.24) is 9.88 Å². The van der Waals surface area contributed by atoms with Crippen LogP contribution >= 0.6 is 23.2 Å². The van der Waals surface area contributed by atoms with Crippen molar-refractivity contribution in [3.05, 3.63) is 116 Å². The molecule has 0 spiro atoms. The van der Waals surface area contributed by atoms with Gasteiger partial charge >= 0.3 is 12.1 Å². The summed E-state index contributed by atoms with van der Waals surface area (Å²) in [7, 11) is 1.58. The highest BCUT2D eigenvalue weighted by Gasteiger charge is 2.38. The fourth-order valence-corrected chi connectivity index (χ4v) is 8.51. The number of piperidine rings is 3. The standard InChI is InChI=1S/C40H42Cl2N4O7/c1-51-36-11-9-27(18-37(36)52-29-6-2-3-7-29)31(19-33-34(41)22-45(50)23-35(33)42)32-17-25(8-10-30(32)39(47)48)21-46(28-5-4-14-43-20-28)40(49)53-38-24-44-15-12-26(38)13-16-44/h4-5,8-11,14,17-18,20,22-23,26,29,31,38H,2-3,6-7,12-13,15-16,19,21,24H2,1H3,(H,47,48)/t31-,38-/m0/s1. The number of halogens is 2. The Hall–Kier alpha value is -4.58. The summed E-state index contributed by atoms with van der Waals surface area (Å²) < 4.78 is 18.8. The van der Waals surface area contributed by atoms with Crippen molar-refractivity contribution < 1.29 is 33.6 Å². The number of carboxylic acid groups (broad SMARTS) is 1. The van der Waals surface area contributed by atoms with Crippen molar-refractivity contribution in [3.8, 4) is 11.5 Å². The number of amides is 1. The molecule has 2 aromatic heterocycles. The fraction of sp³-hybridized carbons (Fsp3) is 0.400. The second-order valence-electron chi connectivity index (χ2n) is 14.1. The van der Waals surface area contributed by atoms with Crippen LogP contribution in [0.4, 0.5) is 10.5 Å². The molecule has 3 aliphatic heterocycles. The number of carbonyl (C=O) groups is 2. The molecule has 0 unspecified atom stereocenters. The van der Waals surface area contributed by atoms with Crippen molar-refractivity contribution in [1.29, 1.82) is 0 Å². The van der Waals surface area contributed by atoms with Crippen LogP contribution in [0, 0.1) is 11.1 Å². The summed E-state index contributed by atoms with van der Waals surface area (Å²) in [5, 5.41) is 23.0. The van der Waals surface area contributed by atoms with Gasteiger partial charge in [-0.15, -0.1) is 0 Å². The summed E-state index contributed by atoms with van der Waals surface area (Å²) in [6, 6.07) is 14.2. The first-order valence-corrected chi connectivity index (χ1v) is 18.8. The maximum absolute atomic E-state index is 14.0. The van der Waals surface area contributed by atoms with Gasteiger partial charge in [-0.3, -0.25) is 14.8 Å². The zero-order chi connectivity index (χ0) is 37.1. The Balaban J connectivity index is 1.29. The summed E-state index contributed by atoms with van der Waals surface area (Å²) >= 11 is 13.2. The minimum atomic E-state index is -1.12.